The molecule has 0 bridgehead atoms. The largest absolute Gasteiger partial charge is 0.382 e. The van der Waals surface area contributed by atoms with Gasteiger partial charge >= 0.3 is 0 Å². The number of nitrogens with zero attached hydrogens (tertiary/aromatic N) is 2. The van der Waals surface area contributed by atoms with Gasteiger partial charge in [0.2, 0.25) is 5.96 Å². The number of nitrogens with two attached hydrogens (primary N) is 1. The molecule has 0 amide bonds. The van der Waals surface area contributed by atoms with E-state index < -0.39 is 0 Å². The lowest BCUT2D eigenvalue weighted by Gasteiger charge is -2.25. The molecule has 1 rings (SSSR count). The van der Waals surface area contributed by atoms with Crippen LogP contribution >= 0.6 is 0 Å². The number of hydrazine groups is 1. The summed E-state index contributed by atoms with van der Waals surface area (Å²) in [6.45, 7) is 4.82. The van der Waals surface area contributed by atoms with Crippen molar-refractivity contribution in [1.29, 1.82) is 0 Å². The number of hydrogen-bond acceptors (Lipinski definition) is 3. The van der Waals surface area contributed by atoms with Crippen molar-refractivity contribution in [3.63, 3.8) is 0 Å². The molecule has 1 unspecified atom stereocenters. The number of halogens is 1. The summed E-state index contributed by atoms with van der Waals surface area (Å²) in [6.07, 6.45) is 0. The van der Waals surface area contributed by atoms with E-state index in [1.165, 1.54) is 6.07 Å². The van der Waals surface area contributed by atoms with Gasteiger partial charge in [0.15, 0.2) is 0 Å². The highest BCUT2D eigenvalue weighted by Crippen LogP contribution is 2.18. The summed E-state index contributed by atoms with van der Waals surface area (Å²) in [5, 5.41) is 0. The molecule has 6 heteroatoms. The van der Waals surface area contributed by atoms with Crippen LogP contribution in [0.3, 0.4) is 0 Å². The Kier molecular flexibility index (Phi) is 6.24. The summed E-state index contributed by atoms with van der Waals surface area (Å²) in [6, 6.07) is 6.44. The number of methoxy groups -OCH3 is 1. The van der Waals surface area contributed by atoms with Gasteiger partial charge in [0, 0.05) is 13.7 Å². The fourth-order valence-corrected chi connectivity index (χ4v) is 1.78. The average Bonchev–Trinajstić information content (AvgIpc) is 2.40. The smallest absolute Gasteiger partial charge is 0.213 e. The minimum absolute atomic E-state index is 0.0723. The highest BCUT2D eigenvalue weighted by atomic mass is 19.1. The van der Waals surface area contributed by atoms with Gasteiger partial charge < -0.3 is 9.64 Å². The third-order valence-electron chi connectivity index (χ3n) is 2.59. The number of anilines is 1. The second-order valence-corrected chi connectivity index (χ2v) is 4.10. The Hall–Kier alpha value is -1.66. The molecular formula is C13H21FN4O. The Morgan fingerprint density at radius 1 is 1.53 bits per heavy atom. The van der Waals surface area contributed by atoms with Crippen molar-refractivity contribution in [3.05, 3.63) is 30.1 Å². The number of aliphatic imine (C=N–C) groups is 1. The van der Waals surface area contributed by atoms with Crippen molar-refractivity contribution in [2.75, 3.05) is 25.2 Å². The van der Waals surface area contributed by atoms with Crippen LogP contribution in [0.5, 0.6) is 0 Å². The normalized spacial score (nSPS) is 13.2. The first-order valence-electron chi connectivity index (χ1n) is 6.19. The van der Waals surface area contributed by atoms with Gasteiger partial charge in [-0.2, -0.15) is 0 Å². The lowest BCUT2D eigenvalue weighted by Crippen LogP contribution is -2.46. The summed E-state index contributed by atoms with van der Waals surface area (Å²) in [7, 11) is 1.61. The molecule has 0 fully saturated rings. The van der Waals surface area contributed by atoms with Crippen LogP contribution in [-0.2, 0) is 4.74 Å². The first-order chi connectivity index (χ1) is 9.13. The Morgan fingerprint density at radius 2 is 2.21 bits per heavy atom. The predicted molar refractivity (Wildman–Crippen MR) is 75.5 cm³/mol. The first-order valence-corrected chi connectivity index (χ1v) is 6.19. The van der Waals surface area contributed by atoms with Crippen LogP contribution < -0.4 is 16.2 Å². The zero-order valence-electron chi connectivity index (χ0n) is 11.6. The Balaban J connectivity index is 3.03. The zero-order valence-corrected chi connectivity index (χ0v) is 11.6. The Bertz CT molecular complexity index is 425. The lowest BCUT2D eigenvalue weighted by molar-refractivity contribution is 0.185. The van der Waals surface area contributed by atoms with Gasteiger partial charge in [0.25, 0.3) is 0 Å². The molecule has 1 aromatic rings. The third-order valence-corrected chi connectivity index (χ3v) is 2.59. The number of rotatable bonds is 5. The molecule has 0 aromatic heterocycles. The van der Waals surface area contributed by atoms with Crippen molar-refractivity contribution in [2.45, 2.75) is 19.9 Å². The van der Waals surface area contributed by atoms with Gasteiger partial charge in [-0.05, 0) is 26.0 Å². The zero-order chi connectivity index (χ0) is 14.3. The molecule has 0 radical (unpaired) electrons. The van der Waals surface area contributed by atoms with Crippen molar-refractivity contribution < 1.29 is 9.13 Å². The maximum Gasteiger partial charge on any atom is 0.213 e. The second-order valence-electron chi connectivity index (χ2n) is 4.10. The average molecular weight is 268 g/mol. The molecule has 0 aliphatic heterocycles. The molecule has 0 saturated heterocycles. The van der Waals surface area contributed by atoms with Crippen LogP contribution in [0.1, 0.15) is 13.8 Å². The van der Waals surface area contributed by atoms with Gasteiger partial charge in [-0.1, -0.05) is 12.1 Å². The number of para-hydroxylation sites is 1. The predicted octanol–water partition coefficient (Wildman–Crippen LogP) is 1.51. The highest BCUT2D eigenvalue weighted by Gasteiger charge is 2.15. The Labute approximate surface area is 113 Å². The van der Waals surface area contributed by atoms with E-state index in [2.05, 4.69) is 10.4 Å². The molecule has 0 saturated carbocycles. The highest BCUT2D eigenvalue weighted by molar-refractivity contribution is 5.95. The summed E-state index contributed by atoms with van der Waals surface area (Å²) < 4.78 is 18.8. The monoisotopic (exact) mass is 268 g/mol. The van der Waals surface area contributed by atoms with Gasteiger partial charge in [-0.15, -0.1) is 0 Å². The van der Waals surface area contributed by atoms with E-state index in [9.17, 15) is 4.39 Å². The Morgan fingerprint density at radius 3 is 2.74 bits per heavy atom. The number of benzene rings is 1. The van der Waals surface area contributed by atoms with Gasteiger partial charge in [0.05, 0.1) is 18.3 Å². The molecule has 0 spiro atoms. The minimum Gasteiger partial charge on any atom is -0.382 e. The summed E-state index contributed by atoms with van der Waals surface area (Å²) in [5.41, 5.74) is 2.96. The summed E-state index contributed by atoms with van der Waals surface area (Å²) >= 11 is 0. The van der Waals surface area contributed by atoms with Crippen LogP contribution in [-0.4, -0.2) is 32.3 Å². The van der Waals surface area contributed by atoms with E-state index in [4.69, 9.17) is 10.6 Å². The van der Waals surface area contributed by atoms with Gasteiger partial charge in [-0.3, -0.25) is 5.43 Å². The molecule has 0 aliphatic carbocycles. The van der Waals surface area contributed by atoms with E-state index in [-0.39, 0.29) is 11.9 Å². The molecule has 1 aromatic carbocycles. The van der Waals surface area contributed by atoms with E-state index in [1.54, 1.807) is 30.2 Å². The van der Waals surface area contributed by atoms with Crippen LogP contribution in [0.2, 0.25) is 0 Å². The van der Waals surface area contributed by atoms with Crippen molar-refractivity contribution in [1.82, 2.24) is 5.43 Å². The van der Waals surface area contributed by atoms with Crippen LogP contribution in [0.25, 0.3) is 0 Å². The van der Waals surface area contributed by atoms with Gasteiger partial charge in [-0.25, -0.2) is 15.2 Å². The molecule has 0 aliphatic rings. The topological polar surface area (TPSA) is 62.9 Å². The number of nitrogens with one attached hydrogen (secondary N) is 1. The van der Waals surface area contributed by atoms with Crippen molar-refractivity contribution in [2.24, 2.45) is 10.8 Å². The number of ether oxygens (including phenoxy) is 1. The second kappa shape index (κ2) is 7.70. The van der Waals surface area contributed by atoms with E-state index in [0.29, 0.717) is 24.8 Å². The standard InChI is InChI=1S/C13H21FN4O/c1-4-18(12-8-6-5-7-11(12)14)13(17-15)16-10(2)9-19-3/h5-8,10H,4,9,15H2,1-3H3,(H,16,17). The summed E-state index contributed by atoms with van der Waals surface area (Å²) in [5.74, 6) is 5.60. The maximum atomic E-state index is 13.8. The first kappa shape index (κ1) is 15.4. The van der Waals surface area contributed by atoms with Gasteiger partial charge in [0.1, 0.15) is 5.82 Å². The fraction of sp³-hybridized carbons (Fsp3) is 0.462. The third kappa shape index (κ3) is 4.18. The molecule has 19 heavy (non-hydrogen) atoms. The van der Waals surface area contributed by atoms with Crippen molar-refractivity contribution >= 4 is 11.6 Å². The van der Waals surface area contributed by atoms with E-state index in [0.717, 1.165) is 0 Å². The molecule has 106 valence electrons. The van der Waals surface area contributed by atoms with Crippen molar-refractivity contribution in [3.8, 4) is 0 Å². The maximum absolute atomic E-state index is 13.8. The SMILES string of the molecule is CCN(C(=NC(C)COC)NN)c1ccccc1F. The molecule has 1 atom stereocenters. The molecule has 5 nitrogen and oxygen atoms in total. The molecule has 0 heterocycles. The number of guanidine groups is 1. The number of hydrogen-bond donors (Lipinski definition) is 2. The lowest BCUT2D eigenvalue weighted by atomic mass is 10.3. The van der Waals surface area contributed by atoms with Crippen LogP contribution in [0.15, 0.2) is 29.3 Å². The molecular weight excluding hydrogens is 247 g/mol. The molecule has 3 N–H and O–H groups in total. The van der Waals surface area contributed by atoms with E-state index in [1.807, 2.05) is 13.8 Å². The summed E-state index contributed by atoms with van der Waals surface area (Å²) in [4.78, 5) is 6.07. The fourth-order valence-electron chi connectivity index (χ4n) is 1.78. The minimum atomic E-state index is -0.313. The van der Waals surface area contributed by atoms with Crippen LogP contribution in [0, 0.1) is 5.82 Å². The van der Waals surface area contributed by atoms with Crippen LogP contribution in [0.4, 0.5) is 10.1 Å². The van der Waals surface area contributed by atoms with E-state index >= 15 is 0 Å². The quantitative estimate of drug-likeness (QED) is 0.368.